The van der Waals surface area contributed by atoms with Crippen molar-refractivity contribution in [1.29, 1.82) is 0 Å². The predicted octanol–water partition coefficient (Wildman–Crippen LogP) is 3.06. The molecule has 1 rings (SSSR count). The Balaban J connectivity index is 3.14. The molecule has 1 aromatic rings. The van der Waals surface area contributed by atoms with E-state index in [-0.39, 0.29) is 11.1 Å². The minimum Gasteiger partial charge on any atom is -0.296 e. The second kappa shape index (κ2) is 5.80. The molecule has 0 N–H and O–H groups in total. The molecule has 0 fully saturated rings. The maximum absolute atomic E-state index is 11.9. The molecule has 0 aliphatic rings. The van der Waals surface area contributed by atoms with Gasteiger partial charge in [0.1, 0.15) is 0 Å². The zero-order valence-corrected chi connectivity index (χ0v) is 12.7. The van der Waals surface area contributed by atoms with Gasteiger partial charge in [0, 0.05) is 23.3 Å². The fraction of sp³-hybridized carbons (Fsp3) is 0.692. The van der Waals surface area contributed by atoms with Gasteiger partial charge in [0.25, 0.3) is 0 Å². The minimum absolute atomic E-state index is 0.130. The molecule has 1 heterocycles. The van der Waals surface area contributed by atoms with Gasteiger partial charge in [-0.1, -0.05) is 29.8 Å². The average molecular weight is 301 g/mol. The van der Waals surface area contributed by atoms with Crippen LogP contribution in [0.25, 0.3) is 0 Å². The van der Waals surface area contributed by atoms with Crippen molar-refractivity contribution < 1.29 is 0 Å². The summed E-state index contributed by atoms with van der Waals surface area (Å²) >= 11 is 3.58. The van der Waals surface area contributed by atoms with Gasteiger partial charge in [-0.2, -0.15) is 4.98 Å². The Morgan fingerprint density at radius 3 is 2.35 bits per heavy atom. The van der Waals surface area contributed by atoms with Gasteiger partial charge in [0.2, 0.25) is 0 Å². The standard InChI is InChI=1S/C13H21BrN2O/c1-5-13(6-2,8-14)9-16-11(4)7-10(3)15-12(16)17/h7H,5-6,8-9H2,1-4H3. The molecule has 0 aromatic carbocycles. The summed E-state index contributed by atoms with van der Waals surface area (Å²) in [4.78, 5) is 15.9. The first kappa shape index (κ1) is 14.4. The van der Waals surface area contributed by atoms with Gasteiger partial charge in [0.15, 0.2) is 0 Å². The SMILES string of the molecule is CCC(CC)(CBr)Cn1c(C)cc(C)nc1=O. The van der Waals surface area contributed by atoms with Gasteiger partial charge in [-0.3, -0.25) is 4.57 Å². The average Bonchev–Trinajstić information content (AvgIpc) is 2.29. The summed E-state index contributed by atoms with van der Waals surface area (Å²) in [5.41, 5.74) is 1.80. The highest BCUT2D eigenvalue weighted by atomic mass is 79.9. The molecule has 0 spiro atoms. The van der Waals surface area contributed by atoms with E-state index in [1.54, 1.807) is 4.57 Å². The van der Waals surface area contributed by atoms with Crippen LogP contribution in [0.5, 0.6) is 0 Å². The highest BCUT2D eigenvalue weighted by Crippen LogP contribution is 2.30. The summed E-state index contributed by atoms with van der Waals surface area (Å²) < 4.78 is 1.79. The zero-order valence-electron chi connectivity index (χ0n) is 11.1. The lowest BCUT2D eigenvalue weighted by atomic mass is 9.84. The largest absolute Gasteiger partial charge is 0.347 e. The fourth-order valence-corrected chi connectivity index (χ4v) is 2.98. The third-order valence-corrected chi connectivity index (χ3v) is 4.81. The van der Waals surface area contributed by atoms with Gasteiger partial charge < -0.3 is 0 Å². The van der Waals surface area contributed by atoms with Crippen molar-refractivity contribution in [3.63, 3.8) is 0 Å². The molecule has 0 unspecified atom stereocenters. The first-order valence-electron chi connectivity index (χ1n) is 6.09. The third-order valence-electron chi connectivity index (χ3n) is 3.62. The van der Waals surface area contributed by atoms with Crippen LogP contribution < -0.4 is 5.69 Å². The number of halogens is 1. The van der Waals surface area contributed by atoms with Gasteiger partial charge in [-0.15, -0.1) is 0 Å². The normalized spacial score (nSPS) is 11.8. The topological polar surface area (TPSA) is 34.9 Å². The smallest absolute Gasteiger partial charge is 0.296 e. The van der Waals surface area contributed by atoms with E-state index in [0.29, 0.717) is 0 Å². The monoisotopic (exact) mass is 300 g/mol. The number of aryl methyl sites for hydroxylation is 2. The Labute approximate surface area is 111 Å². The van der Waals surface area contributed by atoms with Crippen molar-refractivity contribution in [3.05, 3.63) is 27.9 Å². The minimum atomic E-state index is -0.130. The van der Waals surface area contributed by atoms with Crippen molar-refractivity contribution >= 4 is 15.9 Å². The molecule has 0 aliphatic carbocycles. The van der Waals surface area contributed by atoms with Gasteiger partial charge in [-0.05, 0) is 38.2 Å². The first-order chi connectivity index (χ1) is 7.98. The Bertz CT molecular complexity index is 427. The highest BCUT2D eigenvalue weighted by molar-refractivity contribution is 9.09. The number of alkyl halides is 1. The molecule has 0 saturated heterocycles. The van der Waals surface area contributed by atoms with Crippen LogP contribution in [-0.4, -0.2) is 14.9 Å². The van der Waals surface area contributed by atoms with Crippen molar-refractivity contribution in [2.24, 2.45) is 5.41 Å². The highest BCUT2D eigenvalue weighted by Gasteiger charge is 2.26. The van der Waals surface area contributed by atoms with Crippen LogP contribution in [0, 0.1) is 19.3 Å². The van der Waals surface area contributed by atoms with E-state index in [0.717, 1.165) is 36.1 Å². The van der Waals surface area contributed by atoms with Crippen LogP contribution in [-0.2, 0) is 6.54 Å². The number of nitrogens with zero attached hydrogens (tertiary/aromatic N) is 2. The summed E-state index contributed by atoms with van der Waals surface area (Å²) in [6.07, 6.45) is 2.10. The number of hydrogen-bond donors (Lipinski definition) is 0. The molecule has 0 aliphatic heterocycles. The van der Waals surface area contributed by atoms with Crippen LogP contribution in [0.15, 0.2) is 10.9 Å². The quantitative estimate of drug-likeness (QED) is 0.783. The molecule has 4 heteroatoms. The molecule has 0 saturated carbocycles. The van der Waals surface area contributed by atoms with Crippen LogP contribution in [0.4, 0.5) is 0 Å². The third kappa shape index (κ3) is 3.18. The molecular weight excluding hydrogens is 280 g/mol. The molecule has 17 heavy (non-hydrogen) atoms. The Morgan fingerprint density at radius 2 is 1.94 bits per heavy atom. The van der Waals surface area contributed by atoms with Crippen LogP contribution in [0.2, 0.25) is 0 Å². The first-order valence-corrected chi connectivity index (χ1v) is 7.21. The predicted molar refractivity (Wildman–Crippen MR) is 74.8 cm³/mol. The number of aromatic nitrogens is 2. The lowest BCUT2D eigenvalue weighted by Crippen LogP contribution is -2.35. The lowest BCUT2D eigenvalue weighted by Gasteiger charge is -2.30. The van der Waals surface area contributed by atoms with Crippen molar-refractivity contribution in [2.45, 2.75) is 47.1 Å². The molecule has 3 nitrogen and oxygen atoms in total. The number of rotatable bonds is 5. The molecule has 0 atom stereocenters. The molecule has 0 radical (unpaired) electrons. The molecule has 96 valence electrons. The Morgan fingerprint density at radius 1 is 1.35 bits per heavy atom. The summed E-state index contributed by atoms with van der Waals surface area (Å²) in [6.45, 7) is 8.92. The van der Waals surface area contributed by atoms with Gasteiger partial charge >= 0.3 is 5.69 Å². The summed E-state index contributed by atoms with van der Waals surface area (Å²) in [5, 5.41) is 0.909. The van der Waals surface area contributed by atoms with E-state index in [1.165, 1.54) is 0 Å². The molecule has 0 amide bonds. The van der Waals surface area contributed by atoms with Crippen LogP contribution in [0.1, 0.15) is 38.1 Å². The van der Waals surface area contributed by atoms with E-state index in [2.05, 4.69) is 34.8 Å². The molecular formula is C13H21BrN2O. The van der Waals surface area contributed by atoms with Crippen molar-refractivity contribution in [3.8, 4) is 0 Å². The van der Waals surface area contributed by atoms with Crippen LogP contribution >= 0.6 is 15.9 Å². The Hall–Kier alpha value is -0.640. The summed E-state index contributed by atoms with van der Waals surface area (Å²) in [7, 11) is 0. The van der Waals surface area contributed by atoms with Crippen molar-refractivity contribution in [2.75, 3.05) is 5.33 Å². The van der Waals surface area contributed by atoms with Crippen molar-refractivity contribution in [1.82, 2.24) is 9.55 Å². The fourth-order valence-electron chi connectivity index (χ4n) is 2.01. The van der Waals surface area contributed by atoms with E-state index in [9.17, 15) is 4.79 Å². The maximum Gasteiger partial charge on any atom is 0.347 e. The summed E-state index contributed by atoms with van der Waals surface area (Å²) in [6, 6.07) is 1.96. The molecule has 0 bridgehead atoms. The van der Waals surface area contributed by atoms with Gasteiger partial charge in [0.05, 0.1) is 0 Å². The van der Waals surface area contributed by atoms with Gasteiger partial charge in [-0.25, -0.2) is 4.79 Å². The van der Waals surface area contributed by atoms with E-state index in [1.807, 2.05) is 19.9 Å². The van der Waals surface area contributed by atoms with E-state index < -0.39 is 0 Å². The Kier molecular flexibility index (Phi) is 4.92. The van der Waals surface area contributed by atoms with E-state index in [4.69, 9.17) is 0 Å². The lowest BCUT2D eigenvalue weighted by molar-refractivity contribution is 0.252. The number of hydrogen-bond acceptors (Lipinski definition) is 2. The molecule has 1 aromatic heterocycles. The van der Waals surface area contributed by atoms with E-state index >= 15 is 0 Å². The van der Waals surface area contributed by atoms with Crippen LogP contribution in [0.3, 0.4) is 0 Å². The second-order valence-corrected chi connectivity index (χ2v) is 5.31. The maximum atomic E-state index is 11.9. The second-order valence-electron chi connectivity index (χ2n) is 4.75. The summed E-state index contributed by atoms with van der Waals surface area (Å²) in [5.74, 6) is 0. The zero-order chi connectivity index (χ0) is 13.1.